The van der Waals surface area contributed by atoms with Crippen LogP contribution in [-0.4, -0.2) is 37.0 Å². The smallest absolute Gasteiger partial charge is 0.249 e. The minimum absolute atomic E-state index is 0.479. The SMILES string of the molecule is CC(F)(F)[C@@H]1CCCN(CCN)C1. The van der Waals surface area contributed by atoms with Gasteiger partial charge in [-0.15, -0.1) is 0 Å². The molecule has 78 valence electrons. The van der Waals surface area contributed by atoms with Crippen LogP contribution >= 0.6 is 0 Å². The number of alkyl halides is 2. The quantitative estimate of drug-likeness (QED) is 0.730. The van der Waals surface area contributed by atoms with Crippen LogP contribution in [-0.2, 0) is 0 Å². The molecule has 0 aromatic heterocycles. The molecule has 2 nitrogen and oxygen atoms in total. The van der Waals surface area contributed by atoms with Crippen LogP contribution < -0.4 is 5.73 Å². The van der Waals surface area contributed by atoms with Crippen LogP contribution in [0.25, 0.3) is 0 Å². The highest BCUT2D eigenvalue weighted by Crippen LogP contribution is 2.31. The number of hydrogen-bond acceptors (Lipinski definition) is 2. The zero-order valence-corrected chi connectivity index (χ0v) is 8.10. The summed E-state index contributed by atoms with van der Waals surface area (Å²) in [5, 5.41) is 0. The minimum atomic E-state index is -2.53. The monoisotopic (exact) mass is 192 g/mol. The average Bonchev–Trinajstić information content (AvgIpc) is 2.04. The van der Waals surface area contributed by atoms with Crippen molar-refractivity contribution in [2.75, 3.05) is 26.2 Å². The zero-order chi connectivity index (χ0) is 9.90. The van der Waals surface area contributed by atoms with Crippen molar-refractivity contribution in [3.63, 3.8) is 0 Å². The molecule has 2 N–H and O–H groups in total. The molecular formula is C9H18F2N2. The molecule has 0 saturated carbocycles. The van der Waals surface area contributed by atoms with Crippen molar-refractivity contribution in [1.29, 1.82) is 0 Å². The molecule has 0 amide bonds. The van der Waals surface area contributed by atoms with Gasteiger partial charge in [-0.3, -0.25) is 0 Å². The van der Waals surface area contributed by atoms with Gasteiger partial charge in [0.25, 0.3) is 0 Å². The molecule has 0 unspecified atom stereocenters. The van der Waals surface area contributed by atoms with Crippen molar-refractivity contribution in [2.24, 2.45) is 11.7 Å². The Morgan fingerprint density at radius 3 is 2.77 bits per heavy atom. The molecule has 1 fully saturated rings. The second-order valence-electron chi connectivity index (χ2n) is 3.88. The van der Waals surface area contributed by atoms with Gasteiger partial charge in [-0.25, -0.2) is 8.78 Å². The molecular weight excluding hydrogens is 174 g/mol. The Balaban J connectivity index is 2.42. The van der Waals surface area contributed by atoms with E-state index < -0.39 is 11.8 Å². The molecule has 0 aromatic carbocycles. The zero-order valence-electron chi connectivity index (χ0n) is 8.10. The Morgan fingerprint density at radius 1 is 1.54 bits per heavy atom. The Kier molecular flexibility index (Phi) is 3.62. The van der Waals surface area contributed by atoms with E-state index in [1.165, 1.54) is 0 Å². The van der Waals surface area contributed by atoms with Gasteiger partial charge in [0.05, 0.1) is 0 Å². The number of nitrogens with two attached hydrogens (primary N) is 1. The summed E-state index contributed by atoms with van der Waals surface area (Å²) < 4.78 is 25.9. The van der Waals surface area contributed by atoms with Gasteiger partial charge >= 0.3 is 0 Å². The third kappa shape index (κ3) is 3.19. The highest BCUT2D eigenvalue weighted by molar-refractivity contribution is 4.80. The first-order valence-electron chi connectivity index (χ1n) is 4.84. The van der Waals surface area contributed by atoms with E-state index in [1.807, 2.05) is 4.90 Å². The summed E-state index contributed by atoms with van der Waals surface area (Å²) in [7, 11) is 0. The normalized spacial score (nSPS) is 26.3. The molecule has 4 heteroatoms. The van der Waals surface area contributed by atoms with E-state index in [9.17, 15) is 8.78 Å². The van der Waals surface area contributed by atoms with Crippen LogP contribution in [0, 0.1) is 5.92 Å². The fourth-order valence-electron chi connectivity index (χ4n) is 1.85. The Bertz CT molecular complexity index is 154. The topological polar surface area (TPSA) is 29.3 Å². The molecule has 1 aliphatic heterocycles. The highest BCUT2D eigenvalue weighted by Gasteiger charge is 2.36. The lowest BCUT2D eigenvalue weighted by molar-refractivity contribution is -0.0657. The summed E-state index contributed by atoms with van der Waals surface area (Å²) >= 11 is 0. The number of rotatable bonds is 3. The van der Waals surface area contributed by atoms with Gasteiger partial charge in [-0.05, 0) is 26.3 Å². The molecule has 1 saturated heterocycles. The summed E-state index contributed by atoms with van der Waals surface area (Å²) in [6.45, 7) is 3.74. The van der Waals surface area contributed by atoms with Crippen molar-refractivity contribution >= 4 is 0 Å². The molecule has 1 heterocycles. The van der Waals surface area contributed by atoms with E-state index in [1.54, 1.807) is 0 Å². The van der Waals surface area contributed by atoms with Crippen LogP contribution in [0.1, 0.15) is 19.8 Å². The van der Waals surface area contributed by atoms with Gasteiger partial charge < -0.3 is 10.6 Å². The number of nitrogens with zero attached hydrogens (tertiary/aromatic N) is 1. The summed E-state index contributed by atoms with van der Waals surface area (Å²) in [6, 6.07) is 0. The van der Waals surface area contributed by atoms with Crippen molar-refractivity contribution < 1.29 is 8.78 Å². The van der Waals surface area contributed by atoms with Gasteiger partial charge in [-0.1, -0.05) is 0 Å². The van der Waals surface area contributed by atoms with Crippen LogP contribution in [0.2, 0.25) is 0 Å². The summed E-state index contributed by atoms with van der Waals surface area (Å²) in [5.41, 5.74) is 5.38. The number of piperidine rings is 1. The molecule has 0 aromatic rings. The Labute approximate surface area is 78.1 Å². The average molecular weight is 192 g/mol. The lowest BCUT2D eigenvalue weighted by atomic mass is 9.93. The van der Waals surface area contributed by atoms with E-state index in [0.29, 0.717) is 19.5 Å². The van der Waals surface area contributed by atoms with Crippen LogP contribution in [0.5, 0.6) is 0 Å². The summed E-state index contributed by atoms with van der Waals surface area (Å²) in [6.07, 6.45) is 1.51. The first kappa shape index (κ1) is 10.9. The van der Waals surface area contributed by atoms with E-state index in [0.717, 1.165) is 26.4 Å². The fourth-order valence-corrected chi connectivity index (χ4v) is 1.85. The third-order valence-electron chi connectivity index (χ3n) is 2.67. The molecule has 0 aliphatic carbocycles. The van der Waals surface area contributed by atoms with Gasteiger partial charge in [0.1, 0.15) is 0 Å². The Hall–Kier alpha value is -0.220. The van der Waals surface area contributed by atoms with E-state index in [2.05, 4.69) is 0 Å². The van der Waals surface area contributed by atoms with Crippen LogP contribution in [0.3, 0.4) is 0 Å². The van der Waals surface area contributed by atoms with E-state index in [-0.39, 0.29) is 0 Å². The van der Waals surface area contributed by atoms with Crippen molar-refractivity contribution in [3.8, 4) is 0 Å². The fraction of sp³-hybridized carbons (Fsp3) is 1.00. The van der Waals surface area contributed by atoms with Crippen LogP contribution in [0.15, 0.2) is 0 Å². The van der Waals surface area contributed by atoms with Crippen molar-refractivity contribution in [3.05, 3.63) is 0 Å². The third-order valence-corrected chi connectivity index (χ3v) is 2.67. The molecule has 0 bridgehead atoms. The maximum absolute atomic E-state index is 13.0. The van der Waals surface area contributed by atoms with Gasteiger partial charge in [0, 0.05) is 25.6 Å². The van der Waals surface area contributed by atoms with Crippen LogP contribution in [0.4, 0.5) is 8.78 Å². The van der Waals surface area contributed by atoms with E-state index >= 15 is 0 Å². The maximum atomic E-state index is 13.0. The van der Waals surface area contributed by atoms with Gasteiger partial charge in [0.2, 0.25) is 5.92 Å². The number of halogens is 2. The predicted octanol–water partition coefficient (Wildman–Crippen LogP) is 1.31. The molecule has 0 radical (unpaired) electrons. The van der Waals surface area contributed by atoms with Crippen molar-refractivity contribution in [2.45, 2.75) is 25.7 Å². The second-order valence-corrected chi connectivity index (χ2v) is 3.88. The number of likely N-dealkylation sites (tertiary alicyclic amines) is 1. The minimum Gasteiger partial charge on any atom is -0.329 e. The van der Waals surface area contributed by atoms with Gasteiger partial charge in [-0.2, -0.15) is 0 Å². The largest absolute Gasteiger partial charge is 0.329 e. The van der Waals surface area contributed by atoms with Crippen molar-refractivity contribution in [1.82, 2.24) is 4.90 Å². The molecule has 1 atom stereocenters. The molecule has 1 rings (SSSR count). The lowest BCUT2D eigenvalue weighted by Gasteiger charge is -2.35. The summed E-state index contributed by atoms with van der Waals surface area (Å²) in [4.78, 5) is 2.03. The maximum Gasteiger partial charge on any atom is 0.249 e. The molecule has 1 aliphatic rings. The highest BCUT2D eigenvalue weighted by atomic mass is 19.3. The first-order chi connectivity index (χ1) is 6.04. The lowest BCUT2D eigenvalue weighted by Crippen LogP contribution is -2.43. The van der Waals surface area contributed by atoms with Gasteiger partial charge in [0.15, 0.2) is 0 Å². The standard InChI is InChI=1S/C9H18F2N2/c1-9(10,11)8-3-2-5-13(7-8)6-4-12/h8H,2-7,12H2,1H3/t8-/m1/s1. The predicted molar refractivity (Wildman–Crippen MR) is 48.8 cm³/mol. The molecule has 13 heavy (non-hydrogen) atoms. The second kappa shape index (κ2) is 4.33. The first-order valence-corrected chi connectivity index (χ1v) is 4.84. The number of hydrogen-bond donors (Lipinski definition) is 1. The van der Waals surface area contributed by atoms with E-state index in [4.69, 9.17) is 5.73 Å². The Morgan fingerprint density at radius 2 is 2.23 bits per heavy atom. The molecule has 0 spiro atoms. The summed E-state index contributed by atoms with van der Waals surface area (Å²) in [5.74, 6) is -3.01.